The Kier molecular flexibility index (Phi) is 5.63. The van der Waals surface area contributed by atoms with Gasteiger partial charge in [-0.2, -0.15) is 5.26 Å². The van der Waals surface area contributed by atoms with Crippen LogP contribution in [-0.4, -0.2) is 19.1 Å². The van der Waals surface area contributed by atoms with Crippen molar-refractivity contribution in [1.82, 2.24) is 5.32 Å². The van der Waals surface area contributed by atoms with E-state index < -0.39 is 0 Å². The number of nitriles is 1. The van der Waals surface area contributed by atoms with Crippen LogP contribution in [0.5, 0.6) is 0 Å². The summed E-state index contributed by atoms with van der Waals surface area (Å²) in [6, 6.07) is 7.18. The van der Waals surface area contributed by atoms with Crippen molar-refractivity contribution >= 4 is 17.6 Å². The highest BCUT2D eigenvalue weighted by atomic mass is 35.5. The first-order valence-corrected chi connectivity index (χ1v) is 5.93. The van der Waals surface area contributed by atoms with E-state index in [4.69, 9.17) is 16.9 Å². The van der Waals surface area contributed by atoms with Crippen molar-refractivity contribution < 1.29 is 9.53 Å². The Bertz CT molecular complexity index is 469. The molecule has 18 heavy (non-hydrogen) atoms. The number of hydrogen-bond acceptors (Lipinski definition) is 4. The van der Waals surface area contributed by atoms with E-state index in [-0.39, 0.29) is 12.0 Å². The lowest BCUT2D eigenvalue weighted by atomic mass is 10.1. The van der Waals surface area contributed by atoms with Crippen molar-refractivity contribution in [3.63, 3.8) is 0 Å². The minimum absolute atomic E-state index is 0.00385. The Morgan fingerprint density at radius 3 is 2.89 bits per heavy atom. The molecule has 0 amide bonds. The molecular weight excluding hydrogens is 252 g/mol. The fraction of sp³-hybridized carbons (Fsp3) is 0.385. The molecule has 0 saturated heterocycles. The highest BCUT2D eigenvalue weighted by Crippen LogP contribution is 2.17. The lowest BCUT2D eigenvalue weighted by molar-refractivity contribution is -0.141. The summed E-state index contributed by atoms with van der Waals surface area (Å²) in [6.45, 7) is 2.44. The monoisotopic (exact) mass is 266 g/mol. The van der Waals surface area contributed by atoms with E-state index in [0.29, 0.717) is 23.6 Å². The second-order valence-electron chi connectivity index (χ2n) is 3.98. The van der Waals surface area contributed by atoms with Gasteiger partial charge in [0.05, 0.1) is 25.2 Å². The molecule has 0 aromatic heterocycles. The first-order chi connectivity index (χ1) is 8.56. The molecule has 1 rings (SSSR count). The van der Waals surface area contributed by atoms with Gasteiger partial charge in [-0.15, -0.1) is 0 Å². The van der Waals surface area contributed by atoms with E-state index in [9.17, 15) is 4.79 Å². The molecule has 1 N–H and O–H groups in total. The van der Waals surface area contributed by atoms with Crippen LogP contribution in [0, 0.1) is 11.3 Å². The third-order valence-electron chi connectivity index (χ3n) is 2.52. The van der Waals surface area contributed by atoms with Crippen LogP contribution in [-0.2, 0) is 16.1 Å². The van der Waals surface area contributed by atoms with Crippen LogP contribution >= 0.6 is 11.6 Å². The largest absolute Gasteiger partial charge is 0.469 e. The van der Waals surface area contributed by atoms with Gasteiger partial charge >= 0.3 is 5.97 Å². The van der Waals surface area contributed by atoms with Crippen LogP contribution in [0.4, 0.5) is 0 Å². The summed E-state index contributed by atoms with van der Waals surface area (Å²) in [5.41, 5.74) is 1.43. The van der Waals surface area contributed by atoms with Crippen molar-refractivity contribution in [2.75, 3.05) is 7.11 Å². The molecule has 0 fully saturated rings. The van der Waals surface area contributed by atoms with Gasteiger partial charge in [0.25, 0.3) is 0 Å². The fourth-order valence-corrected chi connectivity index (χ4v) is 1.70. The predicted molar refractivity (Wildman–Crippen MR) is 69.1 cm³/mol. The fourth-order valence-electron chi connectivity index (χ4n) is 1.45. The number of ether oxygens (including phenoxy) is 1. The number of halogens is 1. The van der Waals surface area contributed by atoms with Gasteiger partial charge in [0.2, 0.25) is 0 Å². The van der Waals surface area contributed by atoms with Crippen molar-refractivity contribution in [3.8, 4) is 6.07 Å². The standard InChI is InChI=1S/C13H15ClN2O2/c1-9(5-13(17)18-2)16-8-11-4-3-10(7-15)6-12(11)14/h3-4,6,9,16H,5,8H2,1-2H3. The Morgan fingerprint density at radius 1 is 1.61 bits per heavy atom. The Hall–Kier alpha value is -1.57. The lowest BCUT2D eigenvalue weighted by Crippen LogP contribution is -2.28. The summed E-state index contributed by atoms with van der Waals surface area (Å²) in [5.74, 6) is -0.249. The molecule has 1 aromatic carbocycles. The average molecular weight is 267 g/mol. The molecule has 0 bridgehead atoms. The molecule has 0 aliphatic rings. The first kappa shape index (κ1) is 14.5. The van der Waals surface area contributed by atoms with E-state index in [1.54, 1.807) is 18.2 Å². The lowest BCUT2D eigenvalue weighted by Gasteiger charge is -2.13. The number of carbonyl (C=O) groups excluding carboxylic acids is 1. The van der Waals surface area contributed by atoms with Gasteiger partial charge in [0.1, 0.15) is 0 Å². The van der Waals surface area contributed by atoms with Crippen molar-refractivity contribution in [1.29, 1.82) is 5.26 Å². The van der Waals surface area contributed by atoms with Gasteiger partial charge in [-0.05, 0) is 24.6 Å². The molecule has 4 nitrogen and oxygen atoms in total. The minimum atomic E-state index is -0.249. The van der Waals surface area contributed by atoms with E-state index >= 15 is 0 Å². The number of esters is 1. The Balaban J connectivity index is 2.54. The van der Waals surface area contributed by atoms with E-state index in [1.807, 2.05) is 13.0 Å². The number of carbonyl (C=O) groups is 1. The molecule has 5 heteroatoms. The molecule has 0 saturated carbocycles. The molecule has 0 spiro atoms. The molecule has 96 valence electrons. The predicted octanol–water partition coefficient (Wildman–Crippen LogP) is 2.25. The van der Waals surface area contributed by atoms with Crippen LogP contribution in [0.2, 0.25) is 5.02 Å². The van der Waals surface area contributed by atoms with Crippen LogP contribution in [0.3, 0.4) is 0 Å². The van der Waals surface area contributed by atoms with Gasteiger partial charge in [0.15, 0.2) is 0 Å². The van der Waals surface area contributed by atoms with E-state index in [2.05, 4.69) is 10.1 Å². The number of rotatable bonds is 5. The number of nitrogens with zero attached hydrogens (tertiary/aromatic N) is 1. The van der Waals surface area contributed by atoms with Crippen LogP contribution in [0.25, 0.3) is 0 Å². The minimum Gasteiger partial charge on any atom is -0.469 e. The summed E-state index contributed by atoms with van der Waals surface area (Å²) in [7, 11) is 1.37. The zero-order valence-corrected chi connectivity index (χ0v) is 11.1. The van der Waals surface area contributed by atoms with Crippen LogP contribution in [0.1, 0.15) is 24.5 Å². The first-order valence-electron chi connectivity index (χ1n) is 5.55. The molecular formula is C13H15ClN2O2. The molecule has 1 aromatic rings. The number of nitrogens with one attached hydrogen (secondary N) is 1. The zero-order valence-electron chi connectivity index (χ0n) is 10.4. The van der Waals surface area contributed by atoms with Crippen molar-refractivity contribution in [2.24, 2.45) is 0 Å². The van der Waals surface area contributed by atoms with Crippen molar-refractivity contribution in [2.45, 2.75) is 25.9 Å². The van der Waals surface area contributed by atoms with E-state index in [1.165, 1.54) is 7.11 Å². The van der Waals surface area contributed by atoms with Gasteiger partial charge in [0, 0.05) is 17.6 Å². The van der Waals surface area contributed by atoms with Crippen molar-refractivity contribution in [3.05, 3.63) is 34.3 Å². The Labute approximate surface area is 112 Å². The third-order valence-corrected chi connectivity index (χ3v) is 2.88. The van der Waals surface area contributed by atoms with Gasteiger partial charge < -0.3 is 10.1 Å². The highest BCUT2D eigenvalue weighted by molar-refractivity contribution is 6.31. The molecule has 0 radical (unpaired) electrons. The number of methoxy groups -OCH3 is 1. The quantitative estimate of drug-likeness (QED) is 0.831. The molecule has 0 heterocycles. The number of benzene rings is 1. The molecule has 0 aliphatic heterocycles. The second kappa shape index (κ2) is 7.00. The van der Waals surface area contributed by atoms with Gasteiger partial charge in [-0.1, -0.05) is 17.7 Å². The average Bonchev–Trinajstić information content (AvgIpc) is 2.36. The summed E-state index contributed by atoms with van der Waals surface area (Å²) in [5, 5.41) is 12.4. The van der Waals surface area contributed by atoms with E-state index in [0.717, 1.165) is 5.56 Å². The zero-order chi connectivity index (χ0) is 13.5. The second-order valence-corrected chi connectivity index (χ2v) is 4.39. The maximum Gasteiger partial charge on any atom is 0.307 e. The van der Waals surface area contributed by atoms with Crippen LogP contribution < -0.4 is 5.32 Å². The maximum atomic E-state index is 11.1. The summed E-state index contributed by atoms with van der Waals surface area (Å²) in [6.07, 6.45) is 0.310. The summed E-state index contributed by atoms with van der Waals surface area (Å²) < 4.78 is 4.59. The Morgan fingerprint density at radius 2 is 2.33 bits per heavy atom. The molecule has 1 unspecified atom stereocenters. The third kappa shape index (κ3) is 4.36. The summed E-state index contributed by atoms with van der Waals surface area (Å²) in [4.78, 5) is 11.1. The molecule has 1 atom stereocenters. The van der Waals surface area contributed by atoms with Gasteiger partial charge in [-0.3, -0.25) is 4.79 Å². The smallest absolute Gasteiger partial charge is 0.307 e. The summed E-state index contributed by atoms with van der Waals surface area (Å²) >= 11 is 6.04. The maximum absolute atomic E-state index is 11.1. The van der Waals surface area contributed by atoms with Gasteiger partial charge in [-0.25, -0.2) is 0 Å². The highest BCUT2D eigenvalue weighted by Gasteiger charge is 2.09. The van der Waals surface area contributed by atoms with Crippen LogP contribution in [0.15, 0.2) is 18.2 Å². The SMILES string of the molecule is COC(=O)CC(C)NCc1ccc(C#N)cc1Cl. The topological polar surface area (TPSA) is 62.1 Å². The molecule has 0 aliphatic carbocycles. The normalized spacial score (nSPS) is 11.7. The number of hydrogen-bond donors (Lipinski definition) is 1.